The third-order valence-electron chi connectivity index (χ3n) is 9.37. The number of hydrogen-bond donors (Lipinski definition) is 4. The minimum atomic E-state index is -0.770. The molecule has 1 atom stereocenters. The Hall–Kier alpha value is -3.88. The second-order valence-corrected chi connectivity index (χ2v) is 12.8. The van der Waals surface area contributed by atoms with Gasteiger partial charge in [-0.1, -0.05) is 56.3 Å². The van der Waals surface area contributed by atoms with Crippen LogP contribution in [0.25, 0.3) is 0 Å². The summed E-state index contributed by atoms with van der Waals surface area (Å²) in [6.45, 7) is 10.8. The summed E-state index contributed by atoms with van der Waals surface area (Å²) >= 11 is 0. The fourth-order valence-electron chi connectivity index (χ4n) is 6.41. The number of methoxy groups -OCH3 is 3. The van der Waals surface area contributed by atoms with E-state index in [1.165, 1.54) is 0 Å². The Balaban J connectivity index is 1.99. The Labute approximate surface area is 273 Å². The summed E-state index contributed by atoms with van der Waals surface area (Å²) in [5.41, 5.74) is 8.13. The van der Waals surface area contributed by atoms with Crippen molar-refractivity contribution in [2.45, 2.75) is 71.7 Å². The summed E-state index contributed by atoms with van der Waals surface area (Å²) < 4.78 is 16.4. The van der Waals surface area contributed by atoms with E-state index >= 15 is 0 Å². The van der Waals surface area contributed by atoms with E-state index in [0.717, 1.165) is 38.9 Å². The Bertz CT molecular complexity index is 1530. The van der Waals surface area contributed by atoms with Gasteiger partial charge in [-0.25, -0.2) is 0 Å². The van der Waals surface area contributed by atoms with Crippen molar-refractivity contribution < 1.29 is 34.6 Å². The van der Waals surface area contributed by atoms with Gasteiger partial charge >= 0.3 is 0 Å². The molecule has 46 heavy (non-hydrogen) atoms. The number of ether oxygens (including phenoxy) is 3. The van der Waals surface area contributed by atoms with Gasteiger partial charge in [-0.3, -0.25) is 0 Å². The van der Waals surface area contributed by atoms with Crippen molar-refractivity contribution in [3.05, 3.63) is 122 Å². The molecule has 4 aromatic carbocycles. The van der Waals surface area contributed by atoms with E-state index in [9.17, 15) is 20.4 Å². The number of benzene rings is 4. The molecule has 0 heterocycles. The van der Waals surface area contributed by atoms with Crippen LogP contribution in [-0.4, -0.2) is 48.4 Å². The van der Waals surface area contributed by atoms with Crippen LogP contribution in [0.1, 0.15) is 82.0 Å². The molecule has 4 rings (SSSR count). The van der Waals surface area contributed by atoms with E-state index in [-0.39, 0.29) is 49.8 Å². The molecule has 1 unspecified atom stereocenters. The van der Waals surface area contributed by atoms with Gasteiger partial charge in [0.25, 0.3) is 0 Å². The third kappa shape index (κ3) is 6.65. The zero-order valence-corrected chi connectivity index (χ0v) is 28.3. The number of phenolic OH excluding ortho intramolecular Hbond substituents is 3. The molecule has 0 amide bonds. The lowest BCUT2D eigenvalue weighted by Crippen LogP contribution is -2.27. The maximum absolute atomic E-state index is 11.1. The first kappa shape index (κ1) is 35.0. The predicted octanol–water partition coefficient (Wildman–Crippen LogP) is 7.07. The minimum Gasteiger partial charge on any atom is -0.507 e. The normalized spacial score (nSPS) is 13.2. The van der Waals surface area contributed by atoms with Crippen molar-refractivity contribution in [2.24, 2.45) is 0 Å². The molecule has 0 aliphatic heterocycles. The number of rotatable bonds is 13. The van der Waals surface area contributed by atoms with Crippen LogP contribution in [0.4, 0.5) is 0 Å². The van der Waals surface area contributed by atoms with E-state index < -0.39 is 5.41 Å². The molecule has 0 spiro atoms. The van der Waals surface area contributed by atoms with Crippen LogP contribution in [0.3, 0.4) is 0 Å². The van der Waals surface area contributed by atoms with E-state index in [1.807, 2.05) is 50.2 Å². The molecule has 0 bridgehead atoms. The maximum Gasteiger partial charge on any atom is 0.126 e. The highest BCUT2D eigenvalue weighted by Gasteiger charge is 2.35. The van der Waals surface area contributed by atoms with Gasteiger partial charge in [-0.2, -0.15) is 0 Å². The van der Waals surface area contributed by atoms with Crippen LogP contribution in [0.5, 0.6) is 17.2 Å². The molecular formula is C39H48O7. The minimum absolute atomic E-state index is 0.115. The molecular weight excluding hydrogens is 580 g/mol. The van der Waals surface area contributed by atoms with Crippen molar-refractivity contribution >= 4 is 0 Å². The zero-order valence-electron chi connectivity index (χ0n) is 28.3. The van der Waals surface area contributed by atoms with Gasteiger partial charge in [0.15, 0.2) is 0 Å². The quantitative estimate of drug-likeness (QED) is 0.117. The number of aliphatic hydroxyl groups excluding tert-OH is 1. The average Bonchev–Trinajstić information content (AvgIpc) is 3.03. The predicted molar refractivity (Wildman–Crippen MR) is 181 cm³/mol. The number of aryl methyl sites for hydroxylation is 2. The van der Waals surface area contributed by atoms with E-state index in [4.69, 9.17) is 14.2 Å². The second kappa shape index (κ2) is 14.3. The first-order valence-corrected chi connectivity index (χ1v) is 15.5. The third-order valence-corrected chi connectivity index (χ3v) is 9.37. The van der Waals surface area contributed by atoms with Gasteiger partial charge in [0.1, 0.15) is 17.2 Å². The smallest absolute Gasteiger partial charge is 0.126 e. The number of aliphatic hydroxyl groups is 1. The van der Waals surface area contributed by atoms with E-state index in [1.54, 1.807) is 21.3 Å². The Morgan fingerprint density at radius 3 is 1.33 bits per heavy atom. The molecule has 246 valence electrons. The Morgan fingerprint density at radius 2 is 0.913 bits per heavy atom. The van der Waals surface area contributed by atoms with Crippen molar-refractivity contribution in [1.82, 2.24) is 0 Å². The molecule has 4 aromatic rings. The van der Waals surface area contributed by atoms with Crippen LogP contribution in [0.2, 0.25) is 0 Å². The monoisotopic (exact) mass is 628 g/mol. The molecule has 0 radical (unpaired) electrons. The molecule has 0 saturated heterocycles. The highest BCUT2D eigenvalue weighted by molar-refractivity contribution is 5.58. The van der Waals surface area contributed by atoms with Gasteiger partial charge in [0.05, 0.1) is 19.8 Å². The Morgan fingerprint density at radius 1 is 0.522 bits per heavy atom. The van der Waals surface area contributed by atoms with Gasteiger partial charge in [-0.05, 0) is 89.9 Å². The summed E-state index contributed by atoms with van der Waals surface area (Å²) in [6.07, 6.45) is 0.282. The molecule has 0 aromatic heterocycles. The highest BCUT2D eigenvalue weighted by atomic mass is 16.5. The zero-order chi connectivity index (χ0) is 33.8. The van der Waals surface area contributed by atoms with Gasteiger partial charge in [0.2, 0.25) is 0 Å². The molecule has 4 N–H and O–H groups in total. The van der Waals surface area contributed by atoms with Crippen molar-refractivity contribution in [2.75, 3.05) is 27.9 Å². The summed E-state index contributed by atoms with van der Waals surface area (Å²) in [4.78, 5) is 0. The Kier molecular flexibility index (Phi) is 10.8. The molecule has 0 fully saturated rings. The first-order valence-electron chi connectivity index (χ1n) is 15.5. The summed E-state index contributed by atoms with van der Waals surface area (Å²) in [7, 11) is 4.77. The number of phenols is 3. The fourth-order valence-corrected chi connectivity index (χ4v) is 6.41. The topological polar surface area (TPSA) is 109 Å². The molecule has 0 saturated carbocycles. The van der Waals surface area contributed by atoms with Crippen LogP contribution in [-0.2, 0) is 51.3 Å². The van der Waals surface area contributed by atoms with Crippen molar-refractivity contribution in [1.29, 1.82) is 0 Å². The molecule has 7 heteroatoms. The van der Waals surface area contributed by atoms with E-state index in [2.05, 4.69) is 45.0 Å². The summed E-state index contributed by atoms with van der Waals surface area (Å²) in [6, 6.07) is 20.5. The van der Waals surface area contributed by atoms with Crippen LogP contribution in [0, 0.1) is 13.8 Å². The van der Waals surface area contributed by atoms with Crippen LogP contribution < -0.4 is 0 Å². The lowest BCUT2D eigenvalue weighted by Gasteiger charge is -2.35. The SMILES string of the molecule is COCc1cc(C(C)(c2ccc(C(C)(C)c3cc(C)c(O)c(C)c3)cc2)c2cc(COC)c(O)c(COC)c2)cc(CCO)c1O. The highest BCUT2D eigenvalue weighted by Crippen LogP contribution is 2.45. The van der Waals surface area contributed by atoms with E-state index in [0.29, 0.717) is 28.0 Å². The maximum atomic E-state index is 11.1. The second-order valence-electron chi connectivity index (χ2n) is 12.8. The number of hydrogen-bond acceptors (Lipinski definition) is 7. The van der Waals surface area contributed by atoms with Gasteiger partial charge in [-0.15, -0.1) is 0 Å². The summed E-state index contributed by atoms with van der Waals surface area (Å²) in [5, 5.41) is 42.4. The van der Waals surface area contributed by atoms with Crippen molar-refractivity contribution in [3.8, 4) is 17.2 Å². The number of aromatic hydroxyl groups is 3. The van der Waals surface area contributed by atoms with Gasteiger partial charge < -0.3 is 34.6 Å². The molecule has 0 aliphatic rings. The van der Waals surface area contributed by atoms with Crippen LogP contribution in [0.15, 0.2) is 60.7 Å². The lowest BCUT2D eigenvalue weighted by molar-refractivity contribution is 0.174. The molecule has 0 aliphatic carbocycles. The van der Waals surface area contributed by atoms with Crippen LogP contribution >= 0.6 is 0 Å². The fraction of sp³-hybridized carbons (Fsp3) is 0.385. The van der Waals surface area contributed by atoms with Crippen molar-refractivity contribution in [3.63, 3.8) is 0 Å². The average molecular weight is 629 g/mol. The lowest BCUT2D eigenvalue weighted by atomic mass is 9.68. The largest absolute Gasteiger partial charge is 0.507 e. The summed E-state index contributed by atoms with van der Waals surface area (Å²) in [5.74, 6) is 0.574. The first-order chi connectivity index (χ1) is 21.8. The standard InChI is InChI=1S/C39H48O7/c1-24-15-32(16-25(2)35(24)41)38(3,4)30-9-11-31(12-10-30)39(5,33-17-26(13-14-40)36(42)27(18-33)21-44-6)34-19-28(22-45-7)37(43)29(20-34)23-46-8/h9-12,15-20,40-43H,13-14,21-23H2,1-8H3. The molecule has 7 nitrogen and oxygen atoms in total. The van der Waals surface area contributed by atoms with Gasteiger partial charge in [0, 0.05) is 55.5 Å².